The third kappa shape index (κ3) is 5.13. The van der Waals surface area contributed by atoms with Crippen LogP contribution in [0.3, 0.4) is 0 Å². The molecule has 1 aromatic carbocycles. The van der Waals surface area contributed by atoms with E-state index in [1.54, 1.807) is 6.07 Å². The van der Waals surface area contributed by atoms with Crippen molar-refractivity contribution in [3.63, 3.8) is 0 Å². The molecule has 0 aliphatic carbocycles. The zero-order valence-electron chi connectivity index (χ0n) is 16.2. The maximum atomic E-state index is 11.6. The minimum atomic E-state index is -0.470. The van der Waals surface area contributed by atoms with Crippen molar-refractivity contribution in [3.05, 3.63) is 63.4 Å². The monoisotopic (exact) mass is 435 g/mol. The lowest BCUT2D eigenvalue weighted by molar-refractivity contribution is 0.278. The third-order valence-corrected chi connectivity index (χ3v) is 5.72. The quantitative estimate of drug-likeness (QED) is 0.481. The van der Waals surface area contributed by atoms with Gasteiger partial charge in [-0.2, -0.15) is 0 Å². The van der Waals surface area contributed by atoms with E-state index >= 15 is 0 Å². The molecule has 0 aliphatic rings. The van der Waals surface area contributed by atoms with E-state index in [1.165, 1.54) is 17.8 Å². The Morgan fingerprint density at radius 3 is 2.72 bits per heavy atom. The Hall–Kier alpha value is -2.45. The lowest BCUT2D eigenvalue weighted by Gasteiger charge is -2.19. The predicted molar refractivity (Wildman–Crippen MR) is 112 cm³/mol. The number of rotatable bonds is 9. The van der Waals surface area contributed by atoms with Crippen molar-refractivity contribution in [3.8, 4) is 11.5 Å². The van der Waals surface area contributed by atoms with E-state index in [0.29, 0.717) is 33.3 Å². The van der Waals surface area contributed by atoms with Crippen LogP contribution in [0.4, 0.5) is 0 Å². The predicted octanol–water partition coefficient (Wildman–Crippen LogP) is 4.82. The summed E-state index contributed by atoms with van der Waals surface area (Å²) in [6.45, 7) is 4.46. The fourth-order valence-electron chi connectivity index (χ4n) is 2.88. The van der Waals surface area contributed by atoms with Crippen molar-refractivity contribution in [2.45, 2.75) is 50.2 Å². The second-order valence-electron chi connectivity index (χ2n) is 6.34. The van der Waals surface area contributed by atoms with Gasteiger partial charge >= 0.3 is 0 Å². The van der Waals surface area contributed by atoms with E-state index in [4.69, 9.17) is 20.8 Å². The molecule has 3 aromatic rings. The van der Waals surface area contributed by atoms with Gasteiger partial charge in [-0.15, -0.1) is 10.2 Å². The van der Waals surface area contributed by atoms with Gasteiger partial charge in [-0.25, -0.2) is 0 Å². The summed E-state index contributed by atoms with van der Waals surface area (Å²) in [6.07, 6.45) is 2.87. The number of thioether (sulfide) groups is 1. The summed E-state index contributed by atoms with van der Waals surface area (Å²) in [5.41, 5.74) is -0.470. The van der Waals surface area contributed by atoms with Gasteiger partial charge in [0.1, 0.15) is 24.4 Å². The smallest absolute Gasteiger partial charge is 0.226 e. The first-order chi connectivity index (χ1) is 14.0. The molecule has 0 aliphatic heterocycles. The van der Waals surface area contributed by atoms with Crippen LogP contribution in [-0.2, 0) is 12.4 Å². The summed E-state index contributed by atoms with van der Waals surface area (Å²) >= 11 is 7.58. The van der Waals surface area contributed by atoms with Crippen molar-refractivity contribution in [2.75, 3.05) is 0 Å². The molecule has 0 saturated heterocycles. The van der Waals surface area contributed by atoms with Gasteiger partial charge in [0.2, 0.25) is 5.43 Å². The van der Waals surface area contributed by atoms with Gasteiger partial charge in [-0.3, -0.25) is 4.79 Å². The Balaban J connectivity index is 1.80. The van der Waals surface area contributed by atoms with Crippen LogP contribution < -0.4 is 10.2 Å². The van der Waals surface area contributed by atoms with Crippen molar-refractivity contribution >= 4 is 23.4 Å². The summed E-state index contributed by atoms with van der Waals surface area (Å²) in [5.74, 6) is 1.73. The van der Waals surface area contributed by atoms with E-state index < -0.39 is 11.2 Å². The number of nitrogens with zero attached hydrogens (tertiary/aromatic N) is 3. The molecule has 0 atom stereocenters. The molecular weight excluding hydrogens is 414 g/mol. The Labute approximate surface area is 177 Å². The van der Waals surface area contributed by atoms with Crippen LogP contribution in [0.2, 0.25) is 5.02 Å². The SMILES string of the molecule is CCC(CC)n1c(COc2ccccc2Cl)nnc1SCc1cc(=O)c(O)co1. The van der Waals surface area contributed by atoms with E-state index in [1.807, 2.05) is 18.2 Å². The van der Waals surface area contributed by atoms with Gasteiger partial charge in [0.05, 0.1) is 10.8 Å². The second kappa shape index (κ2) is 9.84. The van der Waals surface area contributed by atoms with E-state index in [2.05, 4.69) is 28.6 Å². The average molecular weight is 436 g/mol. The fourth-order valence-corrected chi connectivity index (χ4v) is 3.99. The van der Waals surface area contributed by atoms with Gasteiger partial charge in [0.15, 0.2) is 16.7 Å². The van der Waals surface area contributed by atoms with Gasteiger partial charge in [-0.1, -0.05) is 49.3 Å². The molecule has 154 valence electrons. The molecule has 0 amide bonds. The Morgan fingerprint density at radius 2 is 2.03 bits per heavy atom. The Morgan fingerprint density at radius 1 is 1.28 bits per heavy atom. The number of ether oxygens (including phenoxy) is 1. The summed E-state index contributed by atoms with van der Waals surface area (Å²) in [4.78, 5) is 11.6. The number of para-hydroxylation sites is 1. The minimum Gasteiger partial charge on any atom is -0.502 e. The molecule has 2 heterocycles. The molecule has 29 heavy (non-hydrogen) atoms. The van der Waals surface area contributed by atoms with Crippen molar-refractivity contribution < 1.29 is 14.3 Å². The average Bonchev–Trinajstić information content (AvgIpc) is 3.12. The first-order valence-electron chi connectivity index (χ1n) is 9.28. The Kier molecular flexibility index (Phi) is 7.22. The molecule has 0 radical (unpaired) electrons. The lowest BCUT2D eigenvalue weighted by Crippen LogP contribution is -2.14. The number of halogens is 1. The standard InChI is InChI=1S/C20H22ClN3O4S/c1-3-13(4-2)24-19(11-28-18-8-6-5-7-15(18)21)22-23-20(24)29-12-14-9-16(25)17(26)10-27-14/h5-10,13,26H,3-4,11-12H2,1-2H3. The second-order valence-corrected chi connectivity index (χ2v) is 7.69. The Bertz CT molecular complexity index is 1020. The number of hydrogen-bond donors (Lipinski definition) is 1. The molecule has 0 saturated carbocycles. The molecule has 0 spiro atoms. The minimum absolute atomic E-state index is 0.212. The fraction of sp³-hybridized carbons (Fsp3) is 0.350. The van der Waals surface area contributed by atoms with E-state index in [-0.39, 0.29) is 12.6 Å². The molecule has 9 heteroatoms. The summed E-state index contributed by atoms with van der Waals surface area (Å²) in [7, 11) is 0. The van der Waals surface area contributed by atoms with Gasteiger partial charge in [0, 0.05) is 12.1 Å². The summed E-state index contributed by atoms with van der Waals surface area (Å²) < 4.78 is 13.2. The highest BCUT2D eigenvalue weighted by molar-refractivity contribution is 7.98. The van der Waals surface area contributed by atoms with Crippen molar-refractivity contribution in [1.29, 1.82) is 0 Å². The number of hydrogen-bond acceptors (Lipinski definition) is 7. The normalized spacial score (nSPS) is 11.2. The largest absolute Gasteiger partial charge is 0.502 e. The van der Waals surface area contributed by atoms with Crippen LogP contribution in [0.1, 0.15) is 44.3 Å². The lowest BCUT2D eigenvalue weighted by atomic mass is 10.2. The number of aromatic nitrogens is 3. The number of aromatic hydroxyl groups is 1. The van der Waals surface area contributed by atoms with Crippen LogP contribution in [0, 0.1) is 0 Å². The third-order valence-electron chi connectivity index (χ3n) is 4.45. The van der Waals surface area contributed by atoms with E-state index in [9.17, 15) is 9.90 Å². The van der Waals surface area contributed by atoms with Crippen LogP contribution in [-0.4, -0.2) is 19.9 Å². The zero-order valence-corrected chi connectivity index (χ0v) is 17.7. The van der Waals surface area contributed by atoms with Gasteiger partial charge in [-0.05, 0) is 25.0 Å². The zero-order chi connectivity index (χ0) is 20.8. The molecule has 0 bridgehead atoms. The maximum absolute atomic E-state index is 11.6. The first kappa shape index (κ1) is 21.3. The molecular formula is C20H22ClN3O4S. The first-order valence-corrected chi connectivity index (χ1v) is 10.6. The molecule has 2 aromatic heterocycles. The van der Waals surface area contributed by atoms with Crippen molar-refractivity contribution in [2.24, 2.45) is 0 Å². The van der Waals surface area contributed by atoms with Gasteiger partial charge < -0.3 is 18.8 Å². The maximum Gasteiger partial charge on any atom is 0.226 e. The number of benzene rings is 1. The van der Waals surface area contributed by atoms with E-state index in [0.717, 1.165) is 19.1 Å². The molecule has 7 nitrogen and oxygen atoms in total. The highest BCUT2D eigenvalue weighted by atomic mass is 35.5. The molecule has 1 N–H and O–H groups in total. The topological polar surface area (TPSA) is 90.4 Å². The van der Waals surface area contributed by atoms with Crippen molar-refractivity contribution in [1.82, 2.24) is 14.8 Å². The molecule has 0 fully saturated rings. The van der Waals surface area contributed by atoms with Crippen LogP contribution in [0.25, 0.3) is 0 Å². The summed E-state index contributed by atoms with van der Waals surface area (Å²) in [5, 5.41) is 19.2. The van der Waals surface area contributed by atoms with Crippen LogP contribution in [0.5, 0.6) is 11.5 Å². The summed E-state index contributed by atoms with van der Waals surface area (Å²) in [6, 6.07) is 8.78. The van der Waals surface area contributed by atoms with Gasteiger partial charge in [0.25, 0.3) is 0 Å². The molecule has 0 unspecified atom stereocenters. The molecule has 3 rings (SSSR count). The van der Waals surface area contributed by atoms with Crippen LogP contribution >= 0.6 is 23.4 Å². The van der Waals surface area contributed by atoms with Crippen LogP contribution in [0.15, 0.2) is 51.0 Å². The highest BCUT2D eigenvalue weighted by Crippen LogP contribution is 2.29. The highest BCUT2D eigenvalue weighted by Gasteiger charge is 2.20.